The second-order valence-corrected chi connectivity index (χ2v) is 4.71. The van der Waals surface area contributed by atoms with Gasteiger partial charge < -0.3 is 4.90 Å². The summed E-state index contributed by atoms with van der Waals surface area (Å²) < 4.78 is 0. The highest BCUT2D eigenvalue weighted by Crippen LogP contribution is 2.19. The zero-order chi connectivity index (χ0) is 13.2. The number of ketones is 1. The van der Waals surface area contributed by atoms with E-state index in [0.29, 0.717) is 31.5 Å². The highest BCUT2D eigenvalue weighted by molar-refractivity contribution is 6.05. The number of benzene rings is 1. The fourth-order valence-electron chi connectivity index (χ4n) is 2.41. The largest absolute Gasteiger partial charge is 0.338 e. The highest BCUT2D eigenvalue weighted by atomic mass is 16.2. The number of pyridine rings is 1. The van der Waals surface area contributed by atoms with Crippen LogP contribution in [0.2, 0.25) is 0 Å². The summed E-state index contributed by atoms with van der Waals surface area (Å²) in [6.07, 6.45) is 2.62. The first kappa shape index (κ1) is 11.8. The van der Waals surface area contributed by atoms with Gasteiger partial charge in [0.15, 0.2) is 0 Å². The first-order valence-electron chi connectivity index (χ1n) is 6.40. The Hall–Kier alpha value is -2.23. The van der Waals surface area contributed by atoms with Crippen LogP contribution in [0.1, 0.15) is 23.2 Å². The van der Waals surface area contributed by atoms with E-state index in [-0.39, 0.29) is 11.7 Å². The molecule has 1 saturated heterocycles. The molecule has 0 unspecified atom stereocenters. The molecule has 0 spiro atoms. The Kier molecular flexibility index (Phi) is 2.99. The van der Waals surface area contributed by atoms with Crippen LogP contribution in [0.3, 0.4) is 0 Å². The monoisotopic (exact) mass is 254 g/mol. The van der Waals surface area contributed by atoms with Gasteiger partial charge in [-0.1, -0.05) is 18.2 Å². The molecule has 0 atom stereocenters. The standard InChI is InChI=1S/C15H14N2O2/c18-12-6-9-17(10-7-12)15(19)13-5-1-3-11-4-2-8-16-14(11)13/h1-5,8H,6-7,9-10H2. The molecule has 2 aromatic rings. The van der Waals surface area contributed by atoms with E-state index in [1.165, 1.54) is 0 Å². The van der Waals surface area contributed by atoms with E-state index in [2.05, 4.69) is 4.98 Å². The van der Waals surface area contributed by atoms with Crippen molar-refractivity contribution in [1.82, 2.24) is 9.88 Å². The van der Waals surface area contributed by atoms with Crippen LogP contribution in [0, 0.1) is 0 Å². The summed E-state index contributed by atoms with van der Waals surface area (Å²) in [4.78, 5) is 29.8. The molecule has 0 radical (unpaired) electrons. The Morgan fingerprint density at radius 2 is 1.84 bits per heavy atom. The minimum Gasteiger partial charge on any atom is -0.338 e. The van der Waals surface area contributed by atoms with E-state index >= 15 is 0 Å². The lowest BCUT2D eigenvalue weighted by Gasteiger charge is -2.26. The summed E-state index contributed by atoms with van der Waals surface area (Å²) in [6, 6.07) is 9.41. The number of carbonyl (C=O) groups excluding carboxylic acids is 2. The molecule has 1 fully saturated rings. The fourth-order valence-corrected chi connectivity index (χ4v) is 2.41. The van der Waals surface area contributed by atoms with Crippen molar-refractivity contribution >= 4 is 22.6 Å². The smallest absolute Gasteiger partial charge is 0.256 e. The van der Waals surface area contributed by atoms with Crippen LogP contribution in [-0.4, -0.2) is 34.7 Å². The van der Waals surface area contributed by atoms with E-state index in [1.54, 1.807) is 17.2 Å². The number of carbonyl (C=O) groups is 2. The molecular formula is C15H14N2O2. The molecule has 4 heteroatoms. The van der Waals surface area contributed by atoms with Gasteiger partial charge in [-0.05, 0) is 12.1 Å². The Morgan fingerprint density at radius 3 is 2.63 bits per heavy atom. The summed E-state index contributed by atoms with van der Waals surface area (Å²) in [5.41, 5.74) is 1.35. The second kappa shape index (κ2) is 4.80. The number of Topliss-reactive ketones (excluding diaryl/α,β-unsaturated/α-hetero) is 1. The van der Waals surface area contributed by atoms with Gasteiger partial charge in [-0.25, -0.2) is 0 Å². The molecule has 3 rings (SSSR count). The van der Waals surface area contributed by atoms with E-state index in [4.69, 9.17) is 0 Å². The average molecular weight is 254 g/mol. The number of amides is 1. The van der Waals surface area contributed by atoms with Crippen molar-refractivity contribution in [1.29, 1.82) is 0 Å². The molecule has 4 nitrogen and oxygen atoms in total. The molecule has 0 N–H and O–H groups in total. The molecule has 1 aliphatic heterocycles. The van der Waals surface area contributed by atoms with Crippen molar-refractivity contribution in [3.05, 3.63) is 42.1 Å². The third-order valence-corrected chi connectivity index (χ3v) is 3.47. The van der Waals surface area contributed by atoms with E-state index in [9.17, 15) is 9.59 Å². The Labute approximate surface area is 111 Å². The van der Waals surface area contributed by atoms with Crippen molar-refractivity contribution in [2.45, 2.75) is 12.8 Å². The number of fused-ring (bicyclic) bond motifs is 1. The molecule has 1 amide bonds. The van der Waals surface area contributed by atoms with Crippen molar-refractivity contribution in [3.8, 4) is 0 Å². The maximum absolute atomic E-state index is 12.5. The summed E-state index contributed by atoms with van der Waals surface area (Å²) in [7, 11) is 0. The molecule has 1 aromatic heterocycles. The van der Waals surface area contributed by atoms with Crippen LogP contribution in [0.25, 0.3) is 10.9 Å². The summed E-state index contributed by atoms with van der Waals surface area (Å²) in [5, 5.41) is 0.960. The molecule has 0 aliphatic carbocycles. The summed E-state index contributed by atoms with van der Waals surface area (Å²) in [6.45, 7) is 1.03. The van der Waals surface area contributed by atoms with Crippen LogP contribution in [-0.2, 0) is 4.79 Å². The maximum Gasteiger partial charge on any atom is 0.256 e. The van der Waals surface area contributed by atoms with Gasteiger partial charge in [0, 0.05) is 37.5 Å². The van der Waals surface area contributed by atoms with Gasteiger partial charge in [0.05, 0.1) is 11.1 Å². The first-order valence-corrected chi connectivity index (χ1v) is 6.40. The minimum atomic E-state index is -0.0307. The zero-order valence-electron chi connectivity index (χ0n) is 10.5. The second-order valence-electron chi connectivity index (χ2n) is 4.71. The number of hydrogen-bond acceptors (Lipinski definition) is 3. The number of hydrogen-bond donors (Lipinski definition) is 0. The lowest BCUT2D eigenvalue weighted by molar-refractivity contribution is -0.120. The first-order chi connectivity index (χ1) is 9.25. The van der Waals surface area contributed by atoms with Crippen LogP contribution in [0.5, 0.6) is 0 Å². The Morgan fingerprint density at radius 1 is 1.11 bits per heavy atom. The molecule has 19 heavy (non-hydrogen) atoms. The molecule has 1 aliphatic rings. The normalized spacial score (nSPS) is 15.8. The quantitative estimate of drug-likeness (QED) is 0.782. The van der Waals surface area contributed by atoms with Gasteiger partial charge in [0.25, 0.3) is 5.91 Å². The van der Waals surface area contributed by atoms with Crippen molar-refractivity contribution in [2.75, 3.05) is 13.1 Å². The van der Waals surface area contributed by atoms with Crippen LogP contribution in [0.15, 0.2) is 36.5 Å². The number of para-hydroxylation sites is 1. The number of nitrogens with zero attached hydrogens (tertiary/aromatic N) is 2. The van der Waals surface area contributed by atoms with Crippen molar-refractivity contribution in [2.24, 2.45) is 0 Å². The average Bonchev–Trinajstić information content (AvgIpc) is 2.47. The van der Waals surface area contributed by atoms with Crippen molar-refractivity contribution < 1.29 is 9.59 Å². The molecule has 2 heterocycles. The highest BCUT2D eigenvalue weighted by Gasteiger charge is 2.23. The number of piperidine rings is 1. The van der Waals surface area contributed by atoms with Crippen LogP contribution >= 0.6 is 0 Å². The Balaban J connectivity index is 1.95. The van der Waals surface area contributed by atoms with Gasteiger partial charge in [-0.2, -0.15) is 0 Å². The third-order valence-electron chi connectivity index (χ3n) is 3.47. The van der Waals surface area contributed by atoms with Gasteiger partial charge >= 0.3 is 0 Å². The SMILES string of the molecule is O=C1CCN(C(=O)c2cccc3cccnc23)CC1. The van der Waals surface area contributed by atoms with Crippen LogP contribution < -0.4 is 0 Å². The molecular weight excluding hydrogens is 240 g/mol. The summed E-state index contributed by atoms with van der Waals surface area (Å²) in [5.74, 6) is 0.205. The van der Waals surface area contributed by atoms with Gasteiger partial charge in [-0.3, -0.25) is 14.6 Å². The lowest BCUT2D eigenvalue weighted by atomic mass is 10.1. The summed E-state index contributed by atoms with van der Waals surface area (Å²) >= 11 is 0. The topological polar surface area (TPSA) is 50.3 Å². The third kappa shape index (κ3) is 2.21. The van der Waals surface area contributed by atoms with Crippen LogP contribution in [0.4, 0.5) is 0 Å². The number of aromatic nitrogens is 1. The number of rotatable bonds is 1. The predicted octanol–water partition coefficient (Wildman–Crippen LogP) is 2.04. The lowest BCUT2D eigenvalue weighted by Crippen LogP contribution is -2.38. The van der Waals surface area contributed by atoms with E-state index in [0.717, 1.165) is 10.9 Å². The Bertz CT molecular complexity index is 636. The molecule has 0 saturated carbocycles. The van der Waals surface area contributed by atoms with E-state index < -0.39 is 0 Å². The maximum atomic E-state index is 12.5. The van der Waals surface area contributed by atoms with Gasteiger partial charge in [-0.15, -0.1) is 0 Å². The van der Waals surface area contributed by atoms with Gasteiger partial charge in [0.2, 0.25) is 0 Å². The molecule has 1 aromatic carbocycles. The molecule has 96 valence electrons. The van der Waals surface area contributed by atoms with Gasteiger partial charge in [0.1, 0.15) is 5.78 Å². The van der Waals surface area contributed by atoms with Crippen molar-refractivity contribution in [3.63, 3.8) is 0 Å². The minimum absolute atomic E-state index is 0.0307. The van der Waals surface area contributed by atoms with E-state index in [1.807, 2.05) is 24.3 Å². The molecule has 0 bridgehead atoms. The number of likely N-dealkylation sites (tertiary alicyclic amines) is 1. The predicted molar refractivity (Wildman–Crippen MR) is 71.9 cm³/mol. The zero-order valence-corrected chi connectivity index (χ0v) is 10.5. The fraction of sp³-hybridized carbons (Fsp3) is 0.267.